The molecule has 0 aliphatic rings. The monoisotopic (exact) mass is 122 g/mol. The summed E-state index contributed by atoms with van der Waals surface area (Å²) in [4.78, 5) is 0. The van der Waals surface area contributed by atoms with Gasteiger partial charge in [0.2, 0.25) is 5.12 Å². The molecule has 0 saturated heterocycles. The Bertz CT molecular complexity index is 47.7. The summed E-state index contributed by atoms with van der Waals surface area (Å²) in [6.07, 6.45) is 0. The summed E-state index contributed by atoms with van der Waals surface area (Å²) in [5.41, 5.74) is 0. The van der Waals surface area contributed by atoms with Gasteiger partial charge in [-0.25, -0.2) is 0 Å². The second-order valence-corrected chi connectivity index (χ2v) is 2.12. The van der Waals surface area contributed by atoms with Crippen LogP contribution in [0.5, 0.6) is 0 Å². The molecular weight excluding hydrogens is 112 g/mol. The van der Waals surface area contributed by atoms with Crippen LogP contribution in [0, 0.1) is 0 Å². The molecule has 0 fully saturated rings. The fourth-order valence-corrected chi connectivity index (χ4v) is 0.0833. The molecule has 0 aliphatic carbocycles. The minimum atomic E-state index is -0.722. The van der Waals surface area contributed by atoms with E-state index in [1.54, 1.807) is 6.92 Å². The molecule has 7 heavy (non-hydrogen) atoms. The molecule has 0 atom stereocenters. The second-order valence-electron chi connectivity index (χ2n) is 1.31. The molecule has 0 aromatic rings. The third-order valence-corrected chi connectivity index (χ3v) is 1.12. The van der Waals surface area contributed by atoms with Gasteiger partial charge in [0, 0.05) is 14.2 Å². The topological polar surface area (TPSA) is 18.5 Å². The Balaban J connectivity index is 3.36. The van der Waals surface area contributed by atoms with Crippen molar-refractivity contribution in [3.63, 3.8) is 0 Å². The van der Waals surface area contributed by atoms with E-state index in [9.17, 15) is 0 Å². The van der Waals surface area contributed by atoms with Crippen LogP contribution < -0.4 is 0 Å². The molecule has 0 heterocycles. The number of rotatable bonds is 2. The van der Waals surface area contributed by atoms with Crippen LogP contribution in [0.25, 0.3) is 0 Å². The Labute approximate surface area is 49.2 Å². The Morgan fingerprint density at radius 2 is 1.57 bits per heavy atom. The zero-order valence-corrected chi connectivity index (χ0v) is 5.66. The van der Waals surface area contributed by atoms with Gasteiger partial charge in [-0.3, -0.25) is 0 Å². The van der Waals surface area contributed by atoms with Crippen molar-refractivity contribution in [1.82, 2.24) is 0 Å². The Kier molecular flexibility index (Phi) is 2.64. The first-order valence-corrected chi connectivity index (χ1v) is 2.40. The smallest absolute Gasteiger partial charge is 0.211 e. The predicted molar refractivity (Wildman–Crippen MR) is 31.4 cm³/mol. The van der Waals surface area contributed by atoms with Crippen LogP contribution in [0.15, 0.2) is 0 Å². The molecule has 0 aliphatic heterocycles. The van der Waals surface area contributed by atoms with Gasteiger partial charge in [-0.1, -0.05) is 0 Å². The van der Waals surface area contributed by atoms with E-state index >= 15 is 0 Å². The van der Waals surface area contributed by atoms with Crippen LogP contribution in [0.2, 0.25) is 0 Å². The van der Waals surface area contributed by atoms with E-state index in [2.05, 4.69) is 12.6 Å². The van der Waals surface area contributed by atoms with E-state index in [0.717, 1.165) is 0 Å². The minimum Gasteiger partial charge on any atom is -0.345 e. The van der Waals surface area contributed by atoms with Crippen LogP contribution >= 0.6 is 12.6 Å². The SMILES string of the molecule is COC(C)(S)OC. The maximum Gasteiger partial charge on any atom is 0.211 e. The number of hydrogen-bond donors (Lipinski definition) is 1. The Morgan fingerprint density at radius 3 is 1.57 bits per heavy atom. The van der Waals surface area contributed by atoms with Crippen molar-refractivity contribution in [2.24, 2.45) is 0 Å². The van der Waals surface area contributed by atoms with Gasteiger partial charge in [-0.15, -0.1) is 12.6 Å². The van der Waals surface area contributed by atoms with Gasteiger partial charge >= 0.3 is 0 Å². The van der Waals surface area contributed by atoms with Crippen molar-refractivity contribution in [3.8, 4) is 0 Å². The second kappa shape index (κ2) is 2.55. The first-order valence-electron chi connectivity index (χ1n) is 1.95. The minimum absolute atomic E-state index is 0.722. The average molecular weight is 122 g/mol. The molecule has 0 radical (unpaired) electrons. The number of ether oxygens (including phenoxy) is 2. The highest BCUT2D eigenvalue weighted by molar-refractivity contribution is 7.81. The lowest BCUT2D eigenvalue weighted by molar-refractivity contribution is -0.117. The molecule has 0 spiro atoms. The normalized spacial score (nSPS) is 12.0. The molecule has 44 valence electrons. The van der Waals surface area contributed by atoms with Crippen molar-refractivity contribution < 1.29 is 9.47 Å². The van der Waals surface area contributed by atoms with Crippen LogP contribution in [-0.2, 0) is 9.47 Å². The lowest BCUT2D eigenvalue weighted by Gasteiger charge is -2.18. The highest BCUT2D eigenvalue weighted by Crippen LogP contribution is 2.12. The quantitative estimate of drug-likeness (QED) is 0.433. The van der Waals surface area contributed by atoms with Crippen molar-refractivity contribution in [2.75, 3.05) is 14.2 Å². The predicted octanol–water partition coefficient (Wildman–Crippen LogP) is 0.883. The van der Waals surface area contributed by atoms with E-state index in [1.165, 1.54) is 14.2 Å². The maximum atomic E-state index is 4.73. The number of methoxy groups -OCH3 is 2. The summed E-state index contributed by atoms with van der Waals surface area (Å²) in [7, 11) is 3.08. The average Bonchev–Trinajstić information content (AvgIpc) is 1.68. The third-order valence-electron chi connectivity index (χ3n) is 0.757. The maximum absolute atomic E-state index is 4.73. The summed E-state index contributed by atoms with van der Waals surface area (Å²) in [6, 6.07) is 0. The van der Waals surface area contributed by atoms with Crippen LogP contribution in [0.4, 0.5) is 0 Å². The lowest BCUT2D eigenvalue weighted by atomic mass is 10.7. The molecule has 0 bridgehead atoms. The van der Waals surface area contributed by atoms with Gasteiger partial charge < -0.3 is 9.47 Å². The molecule has 0 aromatic heterocycles. The summed E-state index contributed by atoms with van der Waals surface area (Å²) in [6.45, 7) is 1.72. The highest BCUT2D eigenvalue weighted by atomic mass is 32.1. The van der Waals surface area contributed by atoms with Gasteiger partial charge in [-0.2, -0.15) is 0 Å². The van der Waals surface area contributed by atoms with Crippen LogP contribution in [0.3, 0.4) is 0 Å². The van der Waals surface area contributed by atoms with Crippen molar-refractivity contribution in [3.05, 3.63) is 0 Å². The first-order chi connectivity index (χ1) is 3.12. The van der Waals surface area contributed by atoms with Crippen molar-refractivity contribution >= 4 is 12.6 Å². The van der Waals surface area contributed by atoms with E-state index in [0.29, 0.717) is 0 Å². The van der Waals surface area contributed by atoms with Gasteiger partial charge in [0.05, 0.1) is 0 Å². The Morgan fingerprint density at radius 1 is 1.29 bits per heavy atom. The van der Waals surface area contributed by atoms with Crippen molar-refractivity contribution in [2.45, 2.75) is 12.0 Å². The molecule has 3 heteroatoms. The lowest BCUT2D eigenvalue weighted by Crippen LogP contribution is -2.20. The van der Waals surface area contributed by atoms with Gasteiger partial charge in [-0.05, 0) is 6.92 Å². The van der Waals surface area contributed by atoms with Gasteiger partial charge in [0.1, 0.15) is 0 Å². The molecule has 0 aromatic carbocycles. The third kappa shape index (κ3) is 2.91. The van der Waals surface area contributed by atoms with E-state index in [1.807, 2.05) is 0 Å². The molecule has 0 amide bonds. The zero-order chi connectivity index (χ0) is 5.91. The summed E-state index contributed by atoms with van der Waals surface area (Å²) >= 11 is 3.94. The first kappa shape index (κ1) is 7.27. The van der Waals surface area contributed by atoms with Crippen LogP contribution in [-0.4, -0.2) is 19.3 Å². The molecule has 0 unspecified atom stereocenters. The van der Waals surface area contributed by atoms with Gasteiger partial charge in [0.15, 0.2) is 0 Å². The van der Waals surface area contributed by atoms with E-state index in [-0.39, 0.29) is 0 Å². The molecular formula is C4H10O2S. The number of thiol groups is 1. The highest BCUT2D eigenvalue weighted by Gasteiger charge is 2.13. The summed E-state index contributed by atoms with van der Waals surface area (Å²) < 4.78 is 9.46. The number of hydrogen-bond acceptors (Lipinski definition) is 3. The largest absolute Gasteiger partial charge is 0.345 e. The molecule has 0 N–H and O–H groups in total. The molecule has 0 saturated carbocycles. The molecule has 2 nitrogen and oxygen atoms in total. The van der Waals surface area contributed by atoms with Gasteiger partial charge in [0.25, 0.3) is 0 Å². The van der Waals surface area contributed by atoms with Crippen molar-refractivity contribution in [1.29, 1.82) is 0 Å². The zero-order valence-electron chi connectivity index (χ0n) is 4.76. The van der Waals surface area contributed by atoms with E-state index in [4.69, 9.17) is 9.47 Å². The fourth-order valence-electron chi connectivity index (χ4n) is 0.0833. The van der Waals surface area contributed by atoms with Crippen LogP contribution in [0.1, 0.15) is 6.92 Å². The summed E-state index contributed by atoms with van der Waals surface area (Å²) in [5, 5.41) is -0.722. The molecule has 0 rings (SSSR count). The van der Waals surface area contributed by atoms with E-state index < -0.39 is 5.12 Å². The Hall–Kier alpha value is 0.270. The fraction of sp³-hybridized carbons (Fsp3) is 1.00. The standard InChI is InChI=1S/C4H10O2S/c1-4(7,5-2)6-3/h7H,1-3H3. The summed E-state index contributed by atoms with van der Waals surface area (Å²) in [5.74, 6) is 0.